The molecule has 2 aliphatic heterocycles. The van der Waals surface area contributed by atoms with E-state index in [4.69, 9.17) is 0 Å². The van der Waals surface area contributed by atoms with Crippen LogP contribution in [-0.4, -0.2) is 52.2 Å². The zero-order valence-corrected chi connectivity index (χ0v) is 21.1. The number of carbonyl (C=O) groups excluding carboxylic acids is 2. The van der Waals surface area contributed by atoms with Gasteiger partial charge in [-0.3, -0.25) is 9.69 Å². The summed E-state index contributed by atoms with van der Waals surface area (Å²) in [5.41, 5.74) is 1.69. The Morgan fingerprint density at radius 2 is 1.97 bits per heavy atom. The molecular weight excluding hydrogens is 528 g/mol. The molecular formula is C27H21F2N5O4S. The Morgan fingerprint density at radius 1 is 1.15 bits per heavy atom. The van der Waals surface area contributed by atoms with E-state index in [1.807, 2.05) is 0 Å². The standard InChI is InChI=1S/C27H21F2N5O4S/c28-18-8-2-7-17(21(18)29)14-4-1-6-16(12-14)34-19-9-10-30-25-20(19)22(32-26(34)36)23(39-25)24(35)31-15-5-3-11-33(13-15)27(37)38/h1-2,4,6-10,12,15H,3,5,11,13H2,(H,31,35)(H,32,36)(H,37,38). The van der Waals surface area contributed by atoms with Gasteiger partial charge in [0.25, 0.3) is 5.91 Å². The summed E-state index contributed by atoms with van der Waals surface area (Å²) in [5.74, 6) is -2.38. The average Bonchev–Trinajstić information content (AvgIpc) is 3.30. The summed E-state index contributed by atoms with van der Waals surface area (Å²) >= 11 is 1.12. The van der Waals surface area contributed by atoms with Gasteiger partial charge >= 0.3 is 12.1 Å². The Hall–Kier alpha value is -4.58. The van der Waals surface area contributed by atoms with E-state index in [9.17, 15) is 28.3 Å². The molecule has 4 aromatic rings. The SMILES string of the molecule is O=C(NC1CCCN(C(=O)O)C1)c1sc2nccc3c2c1NC(=O)N3c1cccc(-c2cccc(F)c2F)c1. The molecule has 4 amide bonds. The topological polar surface area (TPSA) is 115 Å². The van der Waals surface area contributed by atoms with Crippen LogP contribution in [0.1, 0.15) is 22.5 Å². The maximum atomic E-state index is 14.5. The van der Waals surface area contributed by atoms with E-state index in [0.29, 0.717) is 52.2 Å². The number of piperidine rings is 1. The van der Waals surface area contributed by atoms with E-state index in [1.54, 1.807) is 30.3 Å². The van der Waals surface area contributed by atoms with Crippen LogP contribution in [0.25, 0.3) is 21.3 Å². The molecule has 3 N–H and O–H groups in total. The number of amides is 4. The lowest BCUT2D eigenvalue weighted by atomic mass is 10.0. The van der Waals surface area contributed by atoms with Gasteiger partial charge in [-0.15, -0.1) is 11.3 Å². The molecule has 2 aliphatic rings. The molecule has 198 valence electrons. The molecule has 39 heavy (non-hydrogen) atoms. The molecule has 0 radical (unpaired) electrons. The third-order valence-electron chi connectivity index (χ3n) is 6.85. The van der Waals surface area contributed by atoms with Gasteiger partial charge in [0.1, 0.15) is 9.71 Å². The summed E-state index contributed by atoms with van der Waals surface area (Å²) in [6.07, 6.45) is 1.78. The maximum Gasteiger partial charge on any atom is 0.407 e. The molecule has 2 aromatic carbocycles. The first-order chi connectivity index (χ1) is 18.8. The normalized spacial score (nSPS) is 16.8. The Bertz CT molecular complexity index is 1660. The van der Waals surface area contributed by atoms with Crippen LogP contribution in [0, 0.1) is 11.6 Å². The number of benzene rings is 2. The fourth-order valence-electron chi connectivity index (χ4n) is 5.06. The number of hydrogen-bond donors (Lipinski definition) is 3. The first-order valence-corrected chi connectivity index (χ1v) is 13.0. The molecule has 0 aliphatic carbocycles. The zero-order valence-electron chi connectivity index (χ0n) is 20.3. The number of urea groups is 1. The minimum absolute atomic E-state index is 0.0634. The lowest BCUT2D eigenvalue weighted by Crippen LogP contribution is -2.49. The smallest absolute Gasteiger partial charge is 0.407 e. The second kappa shape index (κ2) is 9.62. The van der Waals surface area contributed by atoms with Gasteiger partial charge in [-0.1, -0.05) is 24.3 Å². The van der Waals surface area contributed by atoms with Crippen LogP contribution >= 0.6 is 11.3 Å². The number of halogens is 2. The molecule has 0 spiro atoms. The number of anilines is 3. The van der Waals surface area contributed by atoms with E-state index in [0.717, 1.165) is 17.4 Å². The van der Waals surface area contributed by atoms with Gasteiger partial charge in [-0.05, 0) is 42.7 Å². The fourth-order valence-corrected chi connectivity index (χ4v) is 6.08. The summed E-state index contributed by atoms with van der Waals surface area (Å²) in [6.45, 7) is 0.606. The van der Waals surface area contributed by atoms with Crippen molar-refractivity contribution < 1.29 is 28.3 Å². The van der Waals surface area contributed by atoms with Crippen LogP contribution in [0.5, 0.6) is 0 Å². The highest BCUT2D eigenvalue weighted by Crippen LogP contribution is 2.46. The number of carbonyl (C=O) groups is 3. The highest BCUT2D eigenvalue weighted by molar-refractivity contribution is 7.21. The molecule has 0 saturated carbocycles. The second-order valence-corrected chi connectivity index (χ2v) is 10.3. The average molecular weight is 550 g/mol. The van der Waals surface area contributed by atoms with E-state index < -0.39 is 29.7 Å². The Kier molecular flexibility index (Phi) is 6.10. The maximum absolute atomic E-state index is 14.5. The number of nitrogens with zero attached hydrogens (tertiary/aromatic N) is 3. The van der Waals surface area contributed by atoms with Gasteiger partial charge in [0.15, 0.2) is 11.6 Å². The predicted molar refractivity (Wildman–Crippen MR) is 143 cm³/mol. The van der Waals surface area contributed by atoms with Gasteiger partial charge in [0.2, 0.25) is 0 Å². The Balaban J connectivity index is 1.36. The second-order valence-electron chi connectivity index (χ2n) is 9.27. The van der Waals surface area contributed by atoms with Gasteiger partial charge in [-0.25, -0.2) is 23.4 Å². The molecule has 0 bridgehead atoms. The van der Waals surface area contributed by atoms with Crippen molar-refractivity contribution in [2.45, 2.75) is 18.9 Å². The van der Waals surface area contributed by atoms with E-state index in [1.165, 1.54) is 28.1 Å². The minimum atomic E-state index is -1.03. The van der Waals surface area contributed by atoms with Gasteiger partial charge in [0.05, 0.1) is 22.4 Å². The molecule has 1 saturated heterocycles. The van der Waals surface area contributed by atoms with Crippen LogP contribution in [0.15, 0.2) is 54.7 Å². The van der Waals surface area contributed by atoms with Crippen LogP contribution in [-0.2, 0) is 0 Å². The number of pyridine rings is 1. The number of thiophene rings is 1. The minimum Gasteiger partial charge on any atom is -0.465 e. The molecule has 9 nitrogen and oxygen atoms in total. The predicted octanol–water partition coefficient (Wildman–Crippen LogP) is 5.80. The summed E-state index contributed by atoms with van der Waals surface area (Å²) in [4.78, 5) is 45.9. The lowest BCUT2D eigenvalue weighted by Gasteiger charge is -2.31. The number of carboxylic acid groups (broad SMARTS) is 1. The number of rotatable bonds is 4. The van der Waals surface area contributed by atoms with Crippen molar-refractivity contribution in [3.8, 4) is 11.1 Å². The lowest BCUT2D eigenvalue weighted by molar-refractivity contribution is 0.0893. The van der Waals surface area contributed by atoms with Crippen LogP contribution < -0.4 is 15.5 Å². The summed E-state index contributed by atoms with van der Waals surface area (Å²) < 4.78 is 28.3. The summed E-state index contributed by atoms with van der Waals surface area (Å²) in [6, 6.07) is 11.2. The first-order valence-electron chi connectivity index (χ1n) is 12.2. The highest BCUT2D eigenvalue weighted by atomic mass is 32.1. The summed E-state index contributed by atoms with van der Waals surface area (Å²) in [7, 11) is 0. The van der Waals surface area contributed by atoms with Crippen molar-refractivity contribution in [2.75, 3.05) is 23.3 Å². The van der Waals surface area contributed by atoms with Gasteiger partial charge < -0.3 is 20.6 Å². The van der Waals surface area contributed by atoms with Crippen molar-refractivity contribution in [1.29, 1.82) is 0 Å². The third-order valence-corrected chi connectivity index (χ3v) is 7.94. The number of hydrogen-bond acceptors (Lipinski definition) is 5. The summed E-state index contributed by atoms with van der Waals surface area (Å²) in [5, 5.41) is 15.6. The van der Waals surface area contributed by atoms with Crippen LogP contribution in [0.2, 0.25) is 0 Å². The molecule has 1 atom stereocenters. The largest absolute Gasteiger partial charge is 0.465 e. The van der Waals surface area contributed by atoms with Crippen molar-refractivity contribution in [2.24, 2.45) is 0 Å². The molecule has 1 fully saturated rings. The molecule has 6 rings (SSSR count). The number of likely N-dealkylation sites (tertiary alicyclic amines) is 1. The van der Waals surface area contributed by atoms with Crippen molar-refractivity contribution in [1.82, 2.24) is 15.2 Å². The first kappa shape index (κ1) is 24.7. The van der Waals surface area contributed by atoms with E-state index in [-0.39, 0.29) is 23.0 Å². The number of nitrogens with one attached hydrogen (secondary N) is 2. The quantitative estimate of drug-likeness (QED) is 0.298. The number of aromatic nitrogens is 1. The monoisotopic (exact) mass is 549 g/mol. The van der Waals surface area contributed by atoms with E-state index >= 15 is 0 Å². The van der Waals surface area contributed by atoms with Crippen molar-refractivity contribution >= 4 is 56.6 Å². The molecule has 12 heteroatoms. The van der Waals surface area contributed by atoms with Crippen LogP contribution in [0.3, 0.4) is 0 Å². The Labute approximate surface area is 224 Å². The van der Waals surface area contributed by atoms with Crippen molar-refractivity contribution in [3.05, 3.63) is 71.2 Å². The van der Waals surface area contributed by atoms with Crippen LogP contribution in [0.4, 0.5) is 35.4 Å². The third kappa shape index (κ3) is 4.32. The highest BCUT2D eigenvalue weighted by Gasteiger charge is 2.34. The van der Waals surface area contributed by atoms with E-state index in [2.05, 4.69) is 15.6 Å². The zero-order chi connectivity index (χ0) is 27.3. The molecule has 1 unspecified atom stereocenters. The molecule has 4 heterocycles. The fraction of sp³-hybridized carbons (Fsp3) is 0.185. The van der Waals surface area contributed by atoms with Gasteiger partial charge in [-0.2, -0.15) is 0 Å². The van der Waals surface area contributed by atoms with Gasteiger partial charge in [0, 0.05) is 30.9 Å². The molecule has 2 aromatic heterocycles. The Morgan fingerprint density at radius 3 is 2.79 bits per heavy atom. The van der Waals surface area contributed by atoms with Crippen molar-refractivity contribution in [3.63, 3.8) is 0 Å².